The number of hydrogen-bond acceptors (Lipinski definition) is 6. The van der Waals surface area contributed by atoms with Gasteiger partial charge < -0.3 is 25.5 Å². The first kappa shape index (κ1) is 11.8. The molecule has 0 radical (unpaired) electrons. The Balaban J connectivity index is 2.85. The molecule has 1 aliphatic rings. The summed E-state index contributed by atoms with van der Waals surface area (Å²) in [5, 5.41) is 46.3. The Morgan fingerprint density at radius 2 is 1.43 bits per heavy atom. The molecule has 0 aromatic rings. The zero-order valence-corrected chi connectivity index (χ0v) is 7.98. The van der Waals surface area contributed by atoms with Gasteiger partial charge in [0.2, 0.25) is 0 Å². The maximum Gasteiger partial charge on any atom is 0.105 e. The van der Waals surface area contributed by atoms with Gasteiger partial charge in [-0.25, -0.2) is 0 Å². The summed E-state index contributed by atoms with van der Waals surface area (Å²) in [7, 11) is 0. The van der Waals surface area contributed by atoms with E-state index >= 15 is 0 Å². The monoisotopic (exact) mass is 207 g/mol. The van der Waals surface area contributed by atoms with Gasteiger partial charge in [-0.3, -0.25) is 4.90 Å². The molecule has 1 fully saturated rings. The largest absolute Gasteiger partial charge is 0.395 e. The van der Waals surface area contributed by atoms with Crippen molar-refractivity contribution >= 4 is 0 Å². The second-order valence-electron chi connectivity index (χ2n) is 3.56. The molecule has 5 unspecified atom stereocenters. The Labute approximate surface area is 82.0 Å². The summed E-state index contributed by atoms with van der Waals surface area (Å²) in [5.74, 6) is 0. The van der Waals surface area contributed by atoms with Crippen LogP contribution in [0.1, 0.15) is 6.92 Å². The van der Waals surface area contributed by atoms with Crippen LogP contribution in [-0.2, 0) is 0 Å². The van der Waals surface area contributed by atoms with Crippen molar-refractivity contribution < 1.29 is 25.5 Å². The van der Waals surface area contributed by atoms with Crippen molar-refractivity contribution in [2.75, 3.05) is 13.2 Å². The van der Waals surface area contributed by atoms with Crippen LogP contribution in [0.2, 0.25) is 0 Å². The molecule has 5 atom stereocenters. The minimum atomic E-state index is -1.15. The topological polar surface area (TPSA) is 104 Å². The van der Waals surface area contributed by atoms with Crippen LogP contribution in [-0.4, -0.2) is 74.2 Å². The van der Waals surface area contributed by atoms with E-state index in [1.54, 1.807) is 0 Å². The maximum absolute atomic E-state index is 9.50. The lowest BCUT2D eigenvalue weighted by Crippen LogP contribution is -2.48. The van der Waals surface area contributed by atoms with E-state index in [2.05, 4.69) is 0 Å². The summed E-state index contributed by atoms with van der Waals surface area (Å²) in [6.45, 7) is 0.704. The lowest BCUT2D eigenvalue weighted by Gasteiger charge is -2.30. The summed E-state index contributed by atoms with van der Waals surface area (Å²) in [4.78, 5) is 1.31. The van der Waals surface area contributed by atoms with Gasteiger partial charge in [-0.2, -0.15) is 0 Å². The van der Waals surface area contributed by atoms with Gasteiger partial charge in [0.25, 0.3) is 0 Å². The van der Waals surface area contributed by atoms with Gasteiger partial charge in [0.05, 0.1) is 37.5 Å². The SMILES string of the molecule is CC(O)N1C(CO)C(O)C(O)C1CO. The van der Waals surface area contributed by atoms with E-state index < -0.39 is 30.5 Å². The normalized spacial score (nSPS) is 41.6. The number of hydrogen-bond donors (Lipinski definition) is 5. The molecule has 14 heavy (non-hydrogen) atoms. The summed E-state index contributed by atoms with van der Waals surface area (Å²) < 4.78 is 0. The molecular weight excluding hydrogens is 190 g/mol. The predicted molar refractivity (Wildman–Crippen MR) is 47.3 cm³/mol. The average Bonchev–Trinajstić information content (AvgIpc) is 2.39. The summed E-state index contributed by atoms with van der Waals surface area (Å²) >= 11 is 0. The molecule has 6 heteroatoms. The Hall–Kier alpha value is -0.240. The molecule has 0 aliphatic carbocycles. The first-order valence-electron chi connectivity index (χ1n) is 4.58. The van der Waals surface area contributed by atoms with Crippen molar-refractivity contribution in [1.29, 1.82) is 0 Å². The predicted octanol–water partition coefficient (Wildman–Crippen LogP) is -2.92. The molecule has 84 valence electrons. The highest BCUT2D eigenvalue weighted by Crippen LogP contribution is 2.26. The highest BCUT2D eigenvalue weighted by molar-refractivity contribution is 5.00. The fourth-order valence-electron chi connectivity index (χ4n) is 2.01. The van der Waals surface area contributed by atoms with E-state index in [9.17, 15) is 15.3 Å². The second-order valence-corrected chi connectivity index (χ2v) is 3.56. The summed E-state index contributed by atoms with van der Waals surface area (Å²) in [6, 6.07) is -1.47. The quantitative estimate of drug-likeness (QED) is 0.340. The maximum atomic E-state index is 9.50. The first-order valence-corrected chi connectivity index (χ1v) is 4.58. The third-order valence-electron chi connectivity index (χ3n) is 2.71. The number of rotatable bonds is 3. The van der Waals surface area contributed by atoms with Crippen molar-refractivity contribution in [1.82, 2.24) is 4.90 Å². The number of aliphatic hydroxyl groups excluding tert-OH is 5. The van der Waals surface area contributed by atoms with Crippen LogP contribution in [0.25, 0.3) is 0 Å². The molecule has 0 aromatic carbocycles. The smallest absolute Gasteiger partial charge is 0.105 e. The third kappa shape index (κ3) is 1.77. The van der Waals surface area contributed by atoms with Gasteiger partial charge in [-0.1, -0.05) is 0 Å². The van der Waals surface area contributed by atoms with Crippen LogP contribution >= 0.6 is 0 Å². The van der Waals surface area contributed by atoms with Gasteiger partial charge in [-0.05, 0) is 6.92 Å². The molecule has 0 saturated carbocycles. The van der Waals surface area contributed by atoms with Crippen LogP contribution in [0.3, 0.4) is 0 Å². The molecule has 1 rings (SSSR count). The molecule has 0 amide bonds. The first-order chi connectivity index (χ1) is 6.54. The average molecular weight is 207 g/mol. The van der Waals surface area contributed by atoms with Crippen molar-refractivity contribution in [2.45, 2.75) is 37.4 Å². The molecule has 0 spiro atoms. The highest BCUT2D eigenvalue weighted by atomic mass is 16.4. The molecule has 1 aliphatic heterocycles. The van der Waals surface area contributed by atoms with Gasteiger partial charge in [0.15, 0.2) is 0 Å². The Kier molecular flexibility index (Phi) is 3.82. The lowest BCUT2D eigenvalue weighted by atomic mass is 10.1. The number of nitrogens with zero attached hydrogens (tertiary/aromatic N) is 1. The zero-order chi connectivity index (χ0) is 10.9. The highest BCUT2D eigenvalue weighted by Gasteiger charge is 2.48. The third-order valence-corrected chi connectivity index (χ3v) is 2.71. The molecule has 0 bridgehead atoms. The Morgan fingerprint density at radius 3 is 1.64 bits per heavy atom. The second kappa shape index (κ2) is 4.52. The standard InChI is InChI=1S/C8H17NO5/c1-4(12)9-5(2-10)7(13)8(14)6(9)3-11/h4-8,10-14H,2-3H2,1H3. The van der Waals surface area contributed by atoms with Gasteiger partial charge in [0, 0.05) is 0 Å². The van der Waals surface area contributed by atoms with E-state index in [4.69, 9.17) is 10.2 Å². The van der Waals surface area contributed by atoms with Gasteiger partial charge in [0.1, 0.15) is 6.23 Å². The van der Waals surface area contributed by atoms with Crippen molar-refractivity contribution in [2.24, 2.45) is 0 Å². The van der Waals surface area contributed by atoms with Gasteiger partial charge >= 0.3 is 0 Å². The van der Waals surface area contributed by atoms with E-state index in [1.807, 2.05) is 0 Å². The van der Waals surface area contributed by atoms with Crippen LogP contribution in [0.15, 0.2) is 0 Å². The summed E-state index contributed by atoms with van der Waals surface area (Å²) in [5.41, 5.74) is 0. The molecule has 0 aromatic heterocycles. The molecule has 1 heterocycles. The number of likely N-dealkylation sites (tertiary alicyclic amines) is 1. The van der Waals surface area contributed by atoms with Crippen LogP contribution in [0.5, 0.6) is 0 Å². The van der Waals surface area contributed by atoms with Crippen LogP contribution in [0.4, 0.5) is 0 Å². The fraction of sp³-hybridized carbons (Fsp3) is 1.00. The van der Waals surface area contributed by atoms with E-state index in [0.717, 1.165) is 0 Å². The van der Waals surface area contributed by atoms with Crippen molar-refractivity contribution in [3.63, 3.8) is 0 Å². The zero-order valence-electron chi connectivity index (χ0n) is 7.98. The van der Waals surface area contributed by atoms with Gasteiger partial charge in [-0.15, -0.1) is 0 Å². The molecule has 5 N–H and O–H groups in total. The Morgan fingerprint density at radius 1 is 1.07 bits per heavy atom. The molecular formula is C8H17NO5. The number of aliphatic hydroxyl groups is 5. The van der Waals surface area contributed by atoms with E-state index in [0.29, 0.717) is 0 Å². The van der Waals surface area contributed by atoms with Crippen LogP contribution in [0, 0.1) is 0 Å². The molecule has 1 saturated heterocycles. The van der Waals surface area contributed by atoms with Crippen LogP contribution < -0.4 is 0 Å². The van der Waals surface area contributed by atoms with E-state index in [1.165, 1.54) is 11.8 Å². The van der Waals surface area contributed by atoms with E-state index in [-0.39, 0.29) is 13.2 Å². The minimum Gasteiger partial charge on any atom is -0.395 e. The Bertz CT molecular complexity index is 173. The molecule has 6 nitrogen and oxygen atoms in total. The fourth-order valence-corrected chi connectivity index (χ4v) is 2.01. The minimum absolute atomic E-state index is 0.375. The van der Waals surface area contributed by atoms with Crippen molar-refractivity contribution in [3.05, 3.63) is 0 Å². The summed E-state index contributed by atoms with van der Waals surface area (Å²) in [6.07, 6.45) is -3.23. The lowest BCUT2D eigenvalue weighted by molar-refractivity contribution is -0.0558. The van der Waals surface area contributed by atoms with Crippen molar-refractivity contribution in [3.8, 4) is 0 Å².